The molecule has 0 bridgehead atoms. The van der Waals surface area contributed by atoms with Gasteiger partial charge in [0.1, 0.15) is 0 Å². The molecule has 0 atom stereocenters. The van der Waals surface area contributed by atoms with Gasteiger partial charge in [-0.3, -0.25) is 9.36 Å². The number of hydrogen-bond acceptors (Lipinski definition) is 3. The van der Waals surface area contributed by atoms with Gasteiger partial charge in [-0.25, -0.2) is 9.48 Å². The van der Waals surface area contributed by atoms with Crippen LogP contribution in [0.15, 0.2) is 59.7 Å². The quantitative estimate of drug-likeness (QED) is 0.500. The van der Waals surface area contributed by atoms with Gasteiger partial charge in [-0.15, -0.1) is 0 Å². The van der Waals surface area contributed by atoms with Crippen LogP contribution in [0.4, 0.5) is 0 Å². The zero-order valence-corrected chi connectivity index (χ0v) is 18.0. The fourth-order valence-electron chi connectivity index (χ4n) is 4.18. The molecule has 1 fully saturated rings. The summed E-state index contributed by atoms with van der Waals surface area (Å²) in [5, 5.41) is 5.28. The van der Waals surface area contributed by atoms with Gasteiger partial charge in [0.15, 0.2) is 0 Å². The predicted molar refractivity (Wildman–Crippen MR) is 120 cm³/mol. The topological polar surface area (TPSA) is 75.9 Å². The summed E-state index contributed by atoms with van der Waals surface area (Å²) in [5.41, 5.74) is 2.78. The average Bonchev–Trinajstić information content (AvgIpc) is 3.37. The predicted octanol–water partition coefficient (Wildman–Crippen LogP) is 4.30. The number of likely N-dealkylation sites (tertiary alicyclic amines) is 1. The maximum absolute atomic E-state index is 13.0. The van der Waals surface area contributed by atoms with Gasteiger partial charge in [0.25, 0.3) is 5.91 Å². The molecule has 4 aromatic rings. The molecule has 1 aliphatic heterocycles. The van der Waals surface area contributed by atoms with Crippen LogP contribution in [0.25, 0.3) is 16.7 Å². The van der Waals surface area contributed by atoms with E-state index in [1.54, 1.807) is 40.2 Å². The lowest BCUT2D eigenvalue weighted by atomic mass is 10.0. The molecule has 0 radical (unpaired) electrons. The lowest BCUT2D eigenvalue weighted by Crippen LogP contribution is -2.40. The van der Waals surface area contributed by atoms with Crippen LogP contribution in [0.1, 0.15) is 29.2 Å². The Hall–Kier alpha value is -3.03. The van der Waals surface area contributed by atoms with Gasteiger partial charge < -0.3 is 9.88 Å². The molecule has 1 N–H and O–H groups in total. The molecule has 1 saturated heterocycles. The molecule has 2 aromatic carbocycles. The number of imidazole rings is 1. The van der Waals surface area contributed by atoms with Gasteiger partial charge in [-0.05, 0) is 43.2 Å². The Morgan fingerprint density at radius 3 is 2.65 bits per heavy atom. The molecule has 158 valence electrons. The molecule has 0 unspecified atom stereocenters. The highest BCUT2D eigenvalue weighted by Gasteiger charge is 2.27. The van der Waals surface area contributed by atoms with E-state index in [1.807, 2.05) is 28.8 Å². The largest absolute Gasteiger partial charge is 0.338 e. The van der Waals surface area contributed by atoms with Crippen molar-refractivity contribution in [2.24, 2.45) is 0 Å². The number of nitrogens with zero attached hydrogens (tertiary/aromatic N) is 4. The lowest BCUT2D eigenvalue weighted by molar-refractivity contribution is 0.0695. The Morgan fingerprint density at radius 1 is 1.10 bits per heavy atom. The van der Waals surface area contributed by atoms with E-state index in [2.05, 4.69) is 10.1 Å². The molecule has 1 aliphatic rings. The maximum Gasteiger partial charge on any atom is 0.326 e. The van der Waals surface area contributed by atoms with E-state index in [4.69, 9.17) is 23.2 Å². The number of carbonyl (C=O) groups is 1. The first kappa shape index (κ1) is 19.9. The van der Waals surface area contributed by atoms with E-state index in [0.29, 0.717) is 47.2 Å². The summed E-state index contributed by atoms with van der Waals surface area (Å²) in [4.78, 5) is 30.2. The first-order valence-corrected chi connectivity index (χ1v) is 10.8. The van der Waals surface area contributed by atoms with Gasteiger partial charge in [0.2, 0.25) is 0 Å². The van der Waals surface area contributed by atoms with Crippen molar-refractivity contribution in [3.8, 4) is 5.69 Å². The fraction of sp³-hybridized carbons (Fsp3) is 0.227. The number of benzene rings is 2. The van der Waals surface area contributed by atoms with Gasteiger partial charge >= 0.3 is 5.69 Å². The van der Waals surface area contributed by atoms with Gasteiger partial charge in [0.05, 0.1) is 33.5 Å². The summed E-state index contributed by atoms with van der Waals surface area (Å²) >= 11 is 12.2. The molecule has 3 heterocycles. The summed E-state index contributed by atoms with van der Waals surface area (Å²) in [5.74, 6) is -0.0824. The Bertz CT molecular complexity index is 1330. The zero-order chi connectivity index (χ0) is 21.5. The molecule has 5 rings (SSSR count). The Morgan fingerprint density at radius 2 is 1.87 bits per heavy atom. The van der Waals surface area contributed by atoms with Crippen LogP contribution in [0.5, 0.6) is 0 Å². The fourth-order valence-corrected chi connectivity index (χ4v) is 4.67. The highest BCUT2D eigenvalue weighted by Crippen LogP contribution is 2.27. The molecular weight excluding hydrogens is 437 g/mol. The van der Waals surface area contributed by atoms with Crippen LogP contribution < -0.4 is 5.69 Å². The molecular formula is C22H19Cl2N5O2. The summed E-state index contributed by atoms with van der Waals surface area (Å²) in [6, 6.07) is 12.9. The number of aromatic nitrogens is 4. The lowest BCUT2D eigenvalue weighted by Gasteiger charge is -2.32. The molecule has 7 nitrogen and oxygen atoms in total. The molecule has 0 aliphatic carbocycles. The number of nitrogens with one attached hydrogen (secondary N) is 1. The SMILES string of the molecule is O=C(c1cnn(-c2ccc(Cl)cc2Cl)c1)N1CCC(n2c(=O)[nH]c3ccccc32)CC1. The monoisotopic (exact) mass is 455 g/mol. The van der Waals surface area contributed by atoms with Crippen LogP contribution in [0.3, 0.4) is 0 Å². The van der Waals surface area contributed by atoms with E-state index in [0.717, 1.165) is 11.0 Å². The third-order valence-corrected chi connectivity index (χ3v) is 6.26. The second-order valence-corrected chi connectivity index (χ2v) is 8.45. The zero-order valence-electron chi connectivity index (χ0n) is 16.5. The van der Waals surface area contributed by atoms with E-state index in [-0.39, 0.29) is 17.6 Å². The number of carbonyl (C=O) groups excluding carboxylic acids is 1. The number of halogens is 2. The average molecular weight is 456 g/mol. The normalized spacial score (nSPS) is 15.0. The molecule has 1 amide bonds. The minimum absolute atomic E-state index is 0.0586. The number of piperidine rings is 1. The summed E-state index contributed by atoms with van der Waals surface area (Å²) in [6.07, 6.45) is 4.65. The van der Waals surface area contributed by atoms with Crippen molar-refractivity contribution in [1.29, 1.82) is 0 Å². The molecule has 31 heavy (non-hydrogen) atoms. The van der Waals surface area contributed by atoms with Crippen LogP contribution in [0, 0.1) is 0 Å². The number of amides is 1. The van der Waals surface area contributed by atoms with Crippen LogP contribution in [0.2, 0.25) is 10.0 Å². The number of rotatable bonds is 3. The second-order valence-electron chi connectivity index (χ2n) is 7.61. The Labute approximate surface area is 187 Å². The van der Waals surface area contributed by atoms with Gasteiger partial charge in [-0.2, -0.15) is 5.10 Å². The molecule has 9 heteroatoms. The van der Waals surface area contributed by atoms with Crippen LogP contribution in [-0.2, 0) is 0 Å². The number of hydrogen-bond donors (Lipinski definition) is 1. The summed E-state index contributed by atoms with van der Waals surface area (Å²) in [6.45, 7) is 1.14. The smallest absolute Gasteiger partial charge is 0.326 e. The highest BCUT2D eigenvalue weighted by atomic mass is 35.5. The standard InChI is InChI=1S/C22H19Cl2N5O2/c23-15-5-6-19(17(24)11-15)28-13-14(12-25-28)21(30)27-9-7-16(8-10-27)29-20-4-2-1-3-18(20)26-22(29)31/h1-6,11-13,16H,7-10H2,(H,26,31). The Balaban J connectivity index is 1.31. The molecule has 0 saturated carbocycles. The van der Waals surface area contributed by atoms with Crippen LogP contribution in [-0.4, -0.2) is 43.2 Å². The van der Waals surface area contributed by atoms with Crippen molar-refractivity contribution in [1.82, 2.24) is 24.2 Å². The second kappa shape index (κ2) is 7.90. The third-order valence-electron chi connectivity index (χ3n) is 5.73. The van der Waals surface area contributed by atoms with Crippen molar-refractivity contribution in [3.63, 3.8) is 0 Å². The van der Waals surface area contributed by atoms with E-state index in [9.17, 15) is 9.59 Å². The number of para-hydroxylation sites is 2. The minimum atomic E-state index is -0.105. The number of fused-ring (bicyclic) bond motifs is 1. The van der Waals surface area contributed by atoms with Crippen molar-refractivity contribution < 1.29 is 4.79 Å². The Kier molecular flexibility index (Phi) is 5.08. The van der Waals surface area contributed by atoms with Gasteiger partial charge in [0, 0.05) is 30.4 Å². The van der Waals surface area contributed by atoms with Crippen molar-refractivity contribution >= 4 is 40.1 Å². The third kappa shape index (κ3) is 3.64. The molecule has 0 spiro atoms. The van der Waals surface area contributed by atoms with Crippen LogP contribution >= 0.6 is 23.2 Å². The van der Waals surface area contributed by atoms with Crippen molar-refractivity contribution in [3.05, 3.63) is 81.0 Å². The van der Waals surface area contributed by atoms with E-state index < -0.39 is 0 Å². The van der Waals surface area contributed by atoms with Crippen molar-refractivity contribution in [2.45, 2.75) is 18.9 Å². The minimum Gasteiger partial charge on any atom is -0.338 e. The number of aromatic amines is 1. The number of H-pyrrole nitrogens is 1. The van der Waals surface area contributed by atoms with Gasteiger partial charge in [-0.1, -0.05) is 35.3 Å². The summed E-state index contributed by atoms with van der Waals surface area (Å²) in [7, 11) is 0. The van der Waals surface area contributed by atoms with E-state index in [1.165, 1.54) is 0 Å². The first-order valence-electron chi connectivity index (χ1n) is 10.00. The molecule has 2 aromatic heterocycles. The highest BCUT2D eigenvalue weighted by molar-refractivity contribution is 6.35. The summed E-state index contributed by atoms with van der Waals surface area (Å²) < 4.78 is 3.39. The van der Waals surface area contributed by atoms with Crippen molar-refractivity contribution in [2.75, 3.05) is 13.1 Å². The maximum atomic E-state index is 13.0. The van der Waals surface area contributed by atoms with E-state index >= 15 is 0 Å². The first-order chi connectivity index (χ1) is 15.0.